The van der Waals surface area contributed by atoms with Crippen molar-refractivity contribution in [1.29, 1.82) is 0 Å². The first-order valence-electron chi connectivity index (χ1n) is 7.26. The molecule has 6 nitrogen and oxygen atoms in total. The number of carboxylic acid groups (broad SMARTS) is 1. The molecule has 1 heterocycles. The first kappa shape index (κ1) is 16.8. The molecule has 0 aromatic heterocycles. The molecule has 0 spiro atoms. The largest absolute Gasteiger partial charge is 0.481 e. The number of hydrogen-bond acceptors (Lipinski definition) is 3. The number of likely N-dealkylation sites (tertiary alicyclic amines) is 1. The van der Waals surface area contributed by atoms with Crippen molar-refractivity contribution in [2.75, 3.05) is 33.7 Å². The lowest BCUT2D eigenvalue weighted by Crippen LogP contribution is -2.51. The van der Waals surface area contributed by atoms with Crippen LogP contribution >= 0.6 is 0 Å². The standard InChI is InChI=1S/C14H27N3O3/c1-11(2)17(10-7-13(18)19)14(20)16(4)12-5-8-15(3)9-6-12/h11-12H,5-10H2,1-4H3,(H,18,19). The highest BCUT2D eigenvalue weighted by molar-refractivity contribution is 5.76. The van der Waals surface area contributed by atoms with Gasteiger partial charge >= 0.3 is 12.0 Å². The second-order valence-corrected chi connectivity index (χ2v) is 5.86. The third-order valence-corrected chi connectivity index (χ3v) is 3.97. The fourth-order valence-electron chi connectivity index (χ4n) is 2.53. The molecule has 1 aliphatic heterocycles. The number of aliphatic carboxylic acids is 1. The van der Waals surface area contributed by atoms with Crippen LogP contribution in [0.15, 0.2) is 0 Å². The number of carboxylic acids is 1. The Morgan fingerprint density at radius 2 is 1.85 bits per heavy atom. The van der Waals surface area contributed by atoms with Crippen molar-refractivity contribution in [2.45, 2.75) is 45.2 Å². The van der Waals surface area contributed by atoms with Crippen LogP contribution in [-0.4, -0.2) is 77.6 Å². The van der Waals surface area contributed by atoms with Crippen LogP contribution in [0.2, 0.25) is 0 Å². The molecule has 6 heteroatoms. The van der Waals surface area contributed by atoms with Crippen LogP contribution in [0.25, 0.3) is 0 Å². The third-order valence-electron chi connectivity index (χ3n) is 3.97. The number of urea groups is 1. The molecule has 0 aromatic carbocycles. The normalized spacial score (nSPS) is 17.2. The summed E-state index contributed by atoms with van der Waals surface area (Å²) in [5.74, 6) is -0.870. The van der Waals surface area contributed by atoms with Crippen LogP contribution in [0.4, 0.5) is 4.79 Å². The summed E-state index contributed by atoms with van der Waals surface area (Å²) in [7, 11) is 3.92. The van der Waals surface area contributed by atoms with Crippen molar-refractivity contribution in [3.8, 4) is 0 Å². The van der Waals surface area contributed by atoms with Gasteiger partial charge in [0.25, 0.3) is 0 Å². The topological polar surface area (TPSA) is 64.1 Å². The maximum Gasteiger partial charge on any atom is 0.320 e. The summed E-state index contributed by atoms with van der Waals surface area (Å²) in [6.45, 7) is 6.10. The second kappa shape index (κ2) is 7.47. The van der Waals surface area contributed by atoms with Crippen molar-refractivity contribution in [1.82, 2.24) is 14.7 Å². The zero-order valence-electron chi connectivity index (χ0n) is 13.0. The highest BCUT2D eigenvalue weighted by atomic mass is 16.4. The van der Waals surface area contributed by atoms with Crippen LogP contribution in [0.3, 0.4) is 0 Å². The highest BCUT2D eigenvalue weighted by Crippen LogP contribution is 2.16. The molecule has 1 rings (SSSR count). The van der Waals surface area contributed by atoms with E-state index in [9.17, 15) is 9.59 Å². The van der Waals surface area contributed by atoms with Crippen molar-refractivity contribution >= 4 is 12.0 Å². The van der Waals surface area contributed by atoms with Crippen molar-refractivity contribution in [3.63, 3.8) is 0 Å². The van der Waals surface area contributed by atoms with Gasteiger partial charge in [0.15, 0.2) is 0 Å². The van der Waals surface area contributed by atoms with Gasteiger partial charge in [0, 0.05) is 25.7 Å². The Hall–Kier alpha value is -1.30. The lowest BCUT2D eigenvalue weighted by molar-refractivity contribution is -0.137. The Balaban J connectivity index is 2.61. The van der Waals surface area contributed by atoms with E-state index in [0.717, 1.165) is 25.9 Å². The minimum Gasteiger partial charge on any atom is -0.481 e. The van der Waals surface area contributed by atoms with Gasteiger partial charge in [-0.05, 0) is 46.8 Å². The van der Waals surface area contributed by atoms with E-state index in [1.807, 2.05) is 20.9 Å². The lowest BCUT2D eigenvalue weighted by Gasteiger charge is -2.38. The van der Waals surface area contributed by atoms with Gasteiger partial charge in [0.2, 0.25) is 0 Å². The van der Waals surface area contributed by atoms with Crippen LogP contribution in [0.1, 0.15) is 33.1 Å². The molecule has 1 saturated heterocycles. The van der Waals surface area contributed by atoms with Gasteiger partial charge in [0.05, 0.1) is 6.42 Å². The number of carbonyl (C=O) groups excluding carboxylic acids is 1. The molecule has 0 bridgehead atoms. The first-order chi connectivity index (χ1) is 9.32. The molecule has 0 aliphatic carbocycles. The first-order valence-corrected chi connectivity index (χ1v) is 7.26. The van der Waals surface area contributed by atoms with Gasteiger partial charge in [-0.3, -0.25) is 4.79 Å². The lowest BCUT2D eigenvalue weighted by atomic mass is 10.0. The summed E-state index contributed by atoms with van der Waals surface area (Å²) in [6.07, 6.45) is 1.94. The molecule has 0 atom stereocenters. The summed E-state index contributed by atoms with van der Waals surface area (Å²) < 4.78 is 0. The van der Waals surface area contributed by atoms with E-state index in [-0.39, 0.29) is 31.1 Å². The van der Waals surface area contributed by atoms with Crippen molar-refractivity contribution < 1.29 is 14.7 Å². The fourth-order valence-corrected chi connectivity index (χ4v) is 2.53. The van der Waals surface area contributed by atoms with Crippen molar-refractivity contribution in [2.24, 2.45) is 0 Å². The molecular weight excluding hydrogens is 258 g/mol. The zero-order chi connectivity index (χ0) is 15.3. The third kappa shape index (κ3) is 4.67. The summed E-state index contributed by atoms with van der Waals surface area (Å²) in [4.78, 5) is 28.9. The molecular formula is C14H27N3O3. The monoisotopic (exact) mass is 285 g/mol. The van der Waals surface area contributed by atoms with Gasteiger partial charge in [-0.2, -0.15) is 0 Å². The van der Waals surface area contributed by atoms with Gasteiger partial charge in [0.1, 0.15) is 0 Å². The molecule has 1 aliphatic rings. The van der Waals surface area contributed by atoms with Crippen molar-refractivity contribution in [3.05, 3.63) is 0 Å². The predicted molar refractivity (Wildman–Crippen MR) is 77.8 cm³/mol. The Morgan fingerprint density at radius 1 is 1.30 bits per heavy atom. The predicted octanol–water partition coefficient (Wildman–Crippen LogP) is 1.32. The maximum absolute atomic E-state index is 12.5. The molecule has 20 heavy (non-hydrogen) atoms. The van der Waals surface area contributed by atoms with Gasteiger partial charge < -0.3 is 19.8 Å². The van der Waals surface area contributed by atoms with Gasteiger partial charge in [-0.25, -0.2) is 4.79 Å². The molecule has 1 fully saturated rings. The number of piperidine rings is 1. The van der Waals surface area contributed by atoms with Crippen LogP contribution in [0.5, 0.6) is 0 Å². The number of rotatable bonds is 5. The quantitative estimate of drug-likeness (QED) is 0.827. The molecule has 0 aromatic rings. The molecule has 116 valence electrons. The maximum atomic E-state index is 12.5. The van der Waals surface area contributed by atoms with E-state index >= 15 is 0 Å². The molecule has 1 N–H and O–H groups in total. The van der Waals surface area contributed by atoms with E-state index in [4.69, 9.17) is 5.11 Å². The SMILES string of the molecule is CC(C)N(CCC(=O)O)C(=O)N(C)C1CCN(C)CC1. The number of hydrogen-bond donors (Lipinski definition) is 1. The minimum absolute atomic E-state index is 0.00877. The van der Waals surface area contributed by atoms with Gasteiger partial charge in [-0.1, -0.05) is 0 Å². The summed E-state index contributed by atoms with van der Waals surface area (Å²) in [5, 5.41) is 8.79. The second-order valence-electron chi connectivity index (χ2n) is 5.86. The fraction of sp³-hybridized carbons (Fsp3) is 0.857. The van der Waals surface area contributed by atoms with E-state index in [0.29, 0.717) is 0 Å². The molecule has 2 amide bonds. The van der Waals surface area contributed by atoms with E-state index in [2.05, 4.69) is 11.9 Å². The Morgan fingerprint density at radius 3 is 2.30 bits per heavy atom. The summed E-state index contributed by atoms with van der Waals surface area (Å²) >= 11 is 0. The van der Waals surface area contributed by atoms with Gasteiger partial charge in [-0.15, -0.1) is 0 Å². The van der Waals surface area contributed by atoms with Crippen LogP contribution in [-0.2, 0) is 4.79 Å². The Labute approximate surface area is 121 Å². The van der Waals surface area contributed by atoms with Crippen LogP contribution < -0.4 is 0 Å². The van der Waals surface area contributed by atoms with E-state index in [1.165, 1.54) is 0 Å². The van der Waals surface area contributed by atoms with E-state index < -0.39 is 5.97 Å². The summed E-state index contributed by atoms with van der Waals surface area (Å²) in [5.41, 5.74) is 0. The summed E-state index contributed by atoms with van der Waals surface area (Å²) in [6, 6.07) is 0.205. The van der Waals surface area contributed by atoms with E-state index in [1.54, 1.807) is 9.80 Å². The number of nitrogens with zero attached hydrogens (tertiary/aromatic N) is 3. The smallest absolute Gasteiger partial charge is 0.320 e. The Bertz CT molecular complexity index is 339. The Kier molecular flexibility index (Phi) is 6.26. The number of amides is 2. The van der Waals surface area contributed by atoms with Crippen LogP contribution in [0, 0.1) is 0 Å². The molecule has 0 radical (unpaired) electrons. The molecule has 0 saturated carbocycles. The highest BCUT2D eigenvalue weighted by Gasteiger charge is 2.28. The average Bonchev–Trinajstić information content (AvgIpc) is 2.38. The minimum atomic E-state index is -0.870. The molecule has 0 unspecified atom stereocenters. The number of carbonyl (C=O) groups is 2. The zero-order valence-corrected chi connectivity index (χ0v) is 13.0. The average molecular weight is 285 g/mol.